The highest BCUT2D eigenvalue weighted by molar-refractivity contribution is 5.90. The van der Waals surface area contributed by atoms with Gasteiger partial charge in [-0.15, -0.1) is 5.10 Å². The van der Waals surface area contributed by atoms with Gasteiger partial charge in [0.2, 0.25) is 0 Å². The third kappa shape index (κ3) is 2.86. The summed E-state index contributed by atoms with van der Waals surface area (Å²) in [5, 5.41) is 8.34. The summed E-state index contributed by atoms with van der Waals surface area (Å²) in [6.45, 7) is 6.38. The first-order valence-corrected chi connectivity index (χ1v) is 7.62. The summed E-state index contributed by atoms with van der Waals surface area (Å²) in [5.74, 6) is 0.914. The molecule has 2 atom stereocenters. The van der Waals surface area contributed by atoms with Gasteiger partial charge in [-0.3, -0.25) is 9.59 Å². The lowest BCUT2D eigenvalue weighted by Crippen LogP contribution is -2.25. The fourth-order valence-electron chi connectivity index (χ4n) is 2.98. The Balaban J connectivity index is 2.00. The molecule has 0 saturated heterocycles. The molecule has 2 unspecified atom stereocenters. The van der Waals surface area contributed by atoms with Crippen LogP contribution in [0.1, 0.15) is 47.9 Å². The van der Waals surface area contributed by atoms with Crippen molar-refractivity contribution in [1.29, 1.82) is 0 Å². The summed E-state index contributed by atoms with van der Waals surface area (Å²) in [4.78, 5) is 29.3. The van der Waals surface area contributed by atoms with Crippen molar-refractivity contribution in [3.63, 3.8) is 0 Å². The molecular weight excluding hydrogens is 294 g/mol. The molecule has 23 heavy (non-hydrogen) atoms. The summed E-state index contributed by atoms with van der Waals surface area (Å²) in [6, 6.07) is 1.95. The Kier molecular flexibility index (Phi) is 3.71. The highest BCUT2D eigenvalue weighted by Crippen LogP contribution is 2.52. The summed E-state index contributed by atoms with van der Waals surface area (Å²) in [6.07, 6.45) is 2.57. The highest BCUT2D eigenvalue weighted by atomic mass is 16.2. The standard InChI is InChI=1S/C16H19N5O2/c1-7(2)9-4-11(9)10-5-12(21-20-8(10)3)13-6-18-16(23)14(19-13)15(17)22/h5-7,9,11H,4H2,1-3H3,(H2,17,22)(H,18,23). The molecule has 1 aliphatic carbocycles. The molecule has 1 amide bonds. The average Bonchev–Trinajstić information content (AvgIpc) is 3.28. The van der Waals surface area contributed by atoms with E-state index in [4.69, 9.17) is 5.73 Å². The third-order valence-corrected chi connectivity index (χ3v) is 4.40. The molecule has 3 rings (SSSR count). The maximum atomic E-state index is 11.5. The number of aromatic nitrogens is 4. The van der Waals surface area contributed by atoms with Crippen LogP contribution in [0.5, 0.6) is 0 Å². The molecule has 0 aromatic carbocycles. The van der Waals surface area contributed by atoms with Gasteiger partial charge in [0.15, 0.2) is 5.69 Å². The maximum absolute atomic E-state index is 11.5. The van der Waals surface area contributed by atoms with E-state index in [9.17, 15) is 9.59 Å². The molecule has 0 aliphatic heterocycles. The van der Waals surface area contributed by atoms with Crippen molar-refractivity contribution in [1.82, 2.24) is 20.2 Å². The number of nitrogens with two attached hydrogens (primary N) is 1. The van der Waals surface area contributed by atoms with Crippen LogP contribution in [0.25, 0.3) is 11.4 Å². The number of H-pyrrole nitrogens is 1. The van der Waals surface area contributed by atoms with Gasteiger partial charge in [-0.25, -0.2) is 4.98 Å². The first-order valence-electron chi connectivity index (χ1n) is 7.62. The Morgan fingerprint density at radius 2 is 2.09 bits per heavy atom. The predicted octanol–water partition coefficient (Wildman–Crippen LogP) is 1.39. The lowest BCUT2D eigenvalue weighted by Gasteiger charge is -2.08. The fraction of sp³-hybridized carbons (Fsp3) is 0.438. The Morgan fingerprint density at radius 1 is 1.35 bits per heavy atom. The van der Waals surface area contributed by atoms with Crippen molar-refractivity contribution in [2.24, 2.45) is 17.6 Å². The fourth-order valence-corrected chi connectivity index (χ4v) is 2.98. The van der Waals surface area contributed by atoms with E-state index in [1.807, 2.05) is 13.0 Å². The van der Waals surface area contributed by atoms with Crippen molar-refractivity contribution in [3.05, 3.63) is 39.6 Å². The summed E-state index contributed by atoms with van der Waals surface area (Å²) in [5.41, 5.74) is 7.21. The minimum Gasteiger partial charge on any atom is -0.364 e. The Morgan fingerprint density at radius 3 is 2.70 bits per heavy atom. The second-order valence-electron chi connectivity index (χ2n) is 6.35. The molecule has 120 valence electrons. The van der Waals surface area contributed by atoms with E-state index in [1.54, 1.807) is 0 Å². The number of rotatable bonds is 4. The monoisotopic (exact) mass is 313 g/mol. The summed E-state index contributed by atoms with van der Waals surface area (Å²) < 4.78 is 0. The first kappa shape index (κ1) is 15.3. The van der Waals surface area contributed by atoms with Crippen LogP contribution in [0.15, 0.2) is 17.1 Å². The van der Waals surface area contributed by atoms with Crippen molar-refractivity contribution >= 4 is 5.91 Å². The number of primary amides is 1. The van der Waals surface area contributed by atoms with E-state index in [1.165, 1.54) is 6.20 Å². The maximum Gasteiger partial charge on any atom is 0.279 e. The van der Waals surface area contributed by atoms with E-state index < -0.39 is 11.5 Å². The number of aryl methyl sites for hydroxylation is 1. The number of hydrogen-bond donors (Lipinski definition) is 2. The molecule has 2 heterocycles. The largest absolute Gasteiger partial charge is 0.364 e. The minimum absolute atomic E-state index is 0.321. The lowest BCUT2D eigenvalue weighted by molar-refractivity contribution is 0.0994. The summed E-state index contributed by atoms with van der Waals surface area (Å²) in [7, 11) is 0. The van der Waals surface area contributed by atoms with Gasteiger partial charge < -0.3 is 10.7 Å². The number of carbonyl (C=O) groups is 1. The van der Waals surface area contributed by atoms with Gasteiger partial charge in [0.1, 0.15) is 11.4 Å². The molecule has 1 aliphatic rings. The normalized spacial score (nSPS) is 19.8. The molecule has 0 bridgehead atoms. The molecule has 7 nitrogen and oxygen atoms in total. The molecule has 2 aromatic rings. The molecule has 1 saturated carbocycles. The minimum atomic E-state index is -0.865. The first-order chi connectivity index (χ1) is 10.9. The average molecular weight is 313 g/mol. The zero-order valence-corrected chi connectivity index (χ0v) is 13.3. The lowest BCUT2D eigenvalue weighted by atomic mass is 10.0. The van der Waals surface area contributed by atoms with E-state index in [0.717, 1.165) is 17.7 Å². The number of hydrogen-bond acceptors (Lipinski definition) is 5. The Labute approximate surface area is 133 Å². The van der Waals surface area contributed by atoms with E-state index in [2.05, 4.69) is 34.0 Å². The van der Waals surface area contributed by atoms with Crippen molar-refractivity contribution in [2.45, 2.75) is 33.1 Å². The van der Waals surface area contributed by atoms with E-state index >= 15 is 0 Å². The molecular formula is C16H19N5O2. The second-order valence-corrected chi connectivity index (χ2v) is 6.35. The molecule has 0 spiro atoms. The quantitative estimate of drug-likeness (QED) is 0.885. The van der Waals surface area contributed by atoms with Gasteiger partial charge in [-0.2, -0.15) is 5.10 Å². The van der Waals surface area contributed by atoms with Gasteiger partial charge in [0.05, 0.1) is 5.69 Å². The van der Waals surface area contributed by atoms with E-state index in [-0.39, 0.29) is 5.69 Å². The van der Waals surface area contributed by atoms with Gasteiger partial charge in [-0.1, -0.05) is 13.8 Å². The van der Waals surface area contributed by atoms with Crippen molar-refractivity contribution in [3.8, 4) is 11.4 Å². The number of carbonyl (C=O) groups excluding carboxylic acids is 1. The topological polar surface area (TPSA) is 115 Å². The summed E-state index contributed by atoms with van der Waals surface area (Å²) >= 11 is 0. The highest BCUT2D eigenvalue weighted by Gasteiger charge is 2.41. The number of aromatic amines is 1. The third-order valence-electron chi connectivity index (χ3n) is 4.40. The Hall–Kier alpha value is -2.57. The predicted molar refractivity (Wildman–Crippen MR) is 84.8 cm³/mol. The number of nitrogens with zero attached hydrogens (tertiary/aromatic N) is 3. The number of nitrogens with one attached hydrogen (secondary N) is 1. The van der Waals surface area contributed by atoms with Crippen LogP contribution in [0.3, 0.4) is 0 Å². The molecule has 1 fully saturated rings. The molecule has 0 radical (unpaired) electrons. The van der Waals surface area contributed by atoms with Crippen LogP contribution < -0.4 is 11.3 Å². The van der Waals surface area contributed by atoms with Gasteiger partial charge >= 0.3 is 0 Å². The molecule has 7 heteroatoms. The number of amides is 1. The van der Waals surface area contributed by atoms with Gasteiger partial charge in [-0.05, 0) is 42.7 Å². The Bertz CT molecular complexity index is 827. The van der Waals surface area contributed by atoms with Gasteiger partial charge in [0.25, 0.3) is 11.5 Å². The molecule has 3 N–H and O–H groups in total. The van der Waals surface area contributed by atoms with Crippen molar-refractivity contribution < 1.29 is 4.79 Å². The zero-order valence-electron chi connectivity index (χ0n) is 13.3. The van der Waals surface area contributed by atoms with Crippen LogP contribution in [0.4, 0.5) is 0 Å². The van der Waals surface area contributed by atoms with Crippen LogP contribution in [0, 0.1) is 18.8 Å². The second kappa shape index (κ2) is 5.57. The van der Waals surface area contributed by atoms with E-state index in [0.29, 0.717) is 29.1 Å². The zero-order chi connectivity index (χ0) is 16.7. The van der Waals surface area contributed by atoms with Crippen LogP contribution >= 0.6 is 0 Å². The van der Waals surface area contributed by atoms with Gasteiger partial charge in [0, 0.05) is 6.20 Å². The van der Waals surface area contributed by atoms with Crippen molar-refractivity contribution in [2.75, 3.05) is 0 Å². The van der Waals surface area contributed by atoms with Crippen LogP contribution in [-0.2, 0) is 0 Å². The van der Waals surface area contributed by atoms with Crippen LogP contribution in [-0.4, -0.2) is 26.1 Å². The molecule has 2 aromatic heterocycles. The van der Waals surface area contributed by atoms with Crippen LogP contribution in [0.2, 0.25) is 0 Å². The SMILES string of the molecule is Cc1nnc(-c2c[nH]c(=O)c(C(N)=O)n2)cc1C1CC1C(C)C. The smallest absolute Gasteiger partial charge is 0.279 e.